The van der Waals surface area contributed by atoms with Crippen molar-refractivity contribution in [1.82, 2.24) is 4.98 Å². The first-order valence-corrected chi connectivity index (χ1v) is 8.87. The molecule has 0 aliphatic carbocycles. The highest BCUT2D eigenvalue weighted by atomic mass is 15.0. The summed E-state index contributed by atoms with van der Waals surface area (Å²) in [6.07, 6.45) is 5.94. The standard InChI is InChI=1S/C23H23N3/c1-16-11-21(22-9-10-24-15-25(22)4)18(3)23(12-16)26-14-20-8-6-5-7-19(20)13-17(26)2/h5-15H,1-4H3/q+2. The zero-order chi connectivity index (χ0) is 18.3. The molecule has 128 valence electrons. The van der Waals surface area contributed by atoms with E-state index >= 15 is 0 Å². The molecule has 2 heterocycles. The molecule has 3 nitrogen and oxygen atoms in total. The van der Waals surface area contributed by atoms with Crippen LogP contribution in [0.2, 0.25) is 0 Å². The normalized spacial score (nSPS) is 11.1. The lowest BCUT2D eigenvalue weighted by molar-refractivity contribution is -0.663. The second-order valence-corrected chi connectivity index (χ2v) is 6.95. The number of hydrogen-bond acceptors (Lipinski definition) is 1. The summed E-state index contributed by atoms with van der Waals surface area (Å²) in [5.74, 6) is 0. The van der Waals surface area contributed by atoms with Crippen LogP contribution in [0.15, 0.2) is 67.3 Å². The van der Waals surface area contributed by atoms with Crippen LogP contribution in [-0.2, 0) is 7.05 Å². The number of fused-ring (bicyclic) bond motifs is 1. The number of aryl methyl sites for hydroxylation is 3. The molecule has 0 aliphatic rings. The van der Waals surface area contributed by atoms with Gasteiger partial charge in [0.25, 0.3) is 6.33 Å². The van der Waals surface area contributed by atoms with E-state index < -0.39 is 0 Å². The van der Waals surface area contributed by atoms with Crippen LogP contribution in [0, 0.1) is 20.8 Å². The number of aromatic nitrogens is 3. The third kappa shape index (κ3) is 2.76. The van der Waals surface area contributed by atoms with Crippen molar-refractivity contribution in [3.8, 4) is 16.9 Å². The average molecular weight is 341 g/mol. The van der Waals surface area contributed by atoms with Gasteiger partial charge in [-0.25, -0.2) is 4.57 Å². The molecular formula is C23H23N3+2. The van der Waals surface area contributed by atoms with Crippen molar-refractivity contribution in [1.29, 1.82) is 0 Å². The second kappa shape index (κ2) is 6.34. The van der Waals surface area contributed by atoms with Crippen molar-refractivity contribution in [2.45, 2.75) is 20.8 Å². The number of pyridine rings is 1. The van der Waals surface area contributed by atoms with Crippen LogP contribution in [0.1, 0.15) is 16.8 Å². The van der Waals surface area contributed by atoms with E-state index in [9.17, 15) is 0 Å². The molecule has 0 unspecified atom stereocenters. The molecule has 0 amide bonds. The maximum absolute atomic E-state index is 4.21. The summed E-state index contributed by atoms with van der Waals surface area (Å²) >= 11 is 0. The van der Waals surface area contributed by atoms with Crippen LogP contribution < -0.4 is 9.13 Å². The van der Waals surface area contributed by atoms with Gasteiger partial charge in [-0.2, -0.15) is 4.57 Å². The van der Waals surface area contributed by atoms with E-state index in [1.807, 2.05) is 19.6 Å². The van der Waals surface area contributed by atoms with Gasteiger partial charge < -0.3 is 0 Å². The van der Waals surface area contributed by atoms with Crippen LogP contribution in [0.4, 0.5) is 0 Å². The third-order valence-corrected chi connectivity index (χ3v) is 5.01. The predicted octanol–water partition coefficient (Wildman–Crippen LogP) is 3.93. The van der Waals surface area contributed by atoms with Gasteiger partial charge in [-0.15, -0.1) is 0 Å². The van der Waals surface area contributed by atoms with Crippen LogP contribution in [0.3, 0.4) is 0 Å². The largest absolute Gasteiger partial charge is 0.286 e. The summed E-state index contributed by atoms with van der Waals surface area (Å²) in [6.45, 7) is 6.52. The van der Waals surface area contributed by atoms with E-state index in [-0.39, 0.29) is 0 Å². The molecule has 2 aromatic carbocycles. The molecule has 0 saturated heterocycles. The Hall–Kier alpha value is -3.07. The molecule has 0 N–H and O–H groups in total. The molecule has 2 aromatic heterocycles. The molecule has 0 radical (unpaired) electrons. The minimum Gasteiger partial charge on any atom is -0.233 e. The summed E-state index contributed by atoms with van der Waals surface area (Å²) in [6, 6.07) is 17.4. The van der Waals surface area contributed by atoms with E-state index in [4.69, 9.17) is 0 Å². The molecule has 0 spiro atoms. The van der Waals surface area contributed by atoms with Gasteiger partial charge in [-0.1, -0.05) is 23.2 Å². The fourth-order valence-electron chi connectivity index (χ4n) is 3.62. The summed E-state index contributed by atoms with van der Waals surface area (Å²) in [4.78, 5) is 4.21. The van der Waals surface area contributed by atoms with Gasteiger partial charge in [-0.05, 0) is 36.9 Å². The van der Waals surface area contributed by atoms with Gasteiger partial charge >= 0.3 is 0 Å². The number of nitrogens with zero attached hydrogens (tertiary/aromatic N) is 3. The lowest BCUT2D eigenvalue weighted by atomic mass is 9.99. The number of benzene rings is 2. The molecule has 26 heavy (non-hydrogen) atoms. The first kappa shape index (κ1) is 16.4. The van der Waals surface area contributed by atoms with Gasteiger partial charge in [0.2, 0.25) is 5.69 Å². The Morgan fingerprint density at radius 1 is 0.885 bits per heavy atom. The Kier molecular flexibility index (Phi) is 4.00. The predicted molar refractivity (Wildman–Crippen MR) is 104 cm³/mol. The minimum atomic E-state index is 1.17. The number of rotatable bonds is 2. The van der Waals surface area contributed by atoms with Gasteiger partial charge in [-0.3, -0.25) is 0 Å². The SMILES string of the molecule is Cc1cc(-c2ccnc[n+]2C)c(C)c(-[n+]2cc3ccccc3cc2C)c1. The van der Waals surface area contributed by atoms with Crippen molar-refractivity contribution in [3.05, 3.63) is 84.1 Å². The lowest BCUT2D eigenvalue weighted by Crippen LogP contribution is -2.36. The van der Waals surface area contributed by atoms with Gasteiger partial charge in [0, 0.05) is 41.6 Å². The summed E-state index contributed by atoms with van der Waals surface area (Å²) in [5, 5.41) is 2.52. The van der Waals surface area contributed by atoms with Gasteiger partial charge in [0.05, 0.1) is 7.05 Å². The fraction of sp³-hybridized carbons (Fsp3) is 0.174. The van der Waals surface area contributed by atoms with Crippen molar-refractivity contribution in [2.24, 2.45) is 7.05 Å². The second-order valence-electron chi connectivity index (χ2n) is 6.95. The highest BCUT2D eigenvalue weighted by Gasteiger charge is 2.20. The first-order valence-electron chi connectivity index (χ1n) is 8.87. The van der Waals surface area contributed by atoms with E-state index in [2.05, 4.69) is 89.6 Å². The zero-order valence-electron chi connectivity index (χ0n) is 15.7. The highest BCUT2D eigenvalue weighted by Crippen LogP contribution is 2.26. The van der Waals surface area contributed by atoms with E-state index in [1.54, 1.807) is 0 Å². The molecule has 0 fully saturated rings. The van der Waals surface area contributed by atoms with Gasteiger partial charge in [0.15, 0.2) is 11.9 Å². The van der Waals surface area contributed by atoms with Crippen LogP contribution in [0.25, 0.3) is 27.7 Å². The molecule has 0 bridgehead atoms. The Balaban J connectivity index is 1.99. The Morgan fingerprint density at radius 3 is 2.42 bits per heavy atom. The lowest BCUT2D eigenvalue weighted by Gasteiger charge is -2.11. The van der Waals surface area contributed by atoms with E-state index in [0.29, 0.717) is 0 Å². The fourth-order valence-corrected chi connectivity index (χ4v) is 3.62. The highest BCUT2D eigenvalue weighted by molar-refractivity contribution is 5.81. The smallest absolute Gasteiger partial charge is 0.233 e. The van der Waals surface area contributed by atoms with Crippen LogP contribution >= 0.6 is 0 Å². The first-order chi connectivity index (χ1) is 12.5. The Labute approximate surface area is 154 Å². The Morgan fingerprint density at radius 2 is 1.65 bits per heavy atom. The quantitative estimate of drug-likeness (QED) is 0.506. The molecule has 4 rings (SSSR count). The molecule has 3 heteroatoms. The summed E-state index contributed by atoms with van der Waals surface area (Å²) < 4.78 is 4.37. The van der Waals surface area contributed by atoms with Crippen LogP contribution in [-0.4, -0.2) is 4.98 Å². The molecule has 0 atom stereocenters. The molecule has 0 saturated carbocycles. The third-order valence-electron chi connectivity index (χ3n) is 5.01. The average Bonchev–Trinajstić information content (AvgIpc) is 2.63. The molecule has 4 aromatic rings. The maximum atomic E-state index is 4.21. The van der Waals surface area contributed by atoms with E-state index in [1.165, 1.54) is 44.5 Å². The van der Waals surface area contributed by atoms with Crippen molar-refractivity contribution < 1.29 is 9.13 Å². The van der Waals surface area contributed by atoms with E-state index in [0.717, 1.165) is 0 Å². The minimum absolute atomic E-state index is 1.17. The molecule has 0 aliphatic heterocycles. The maximum Gasteiger partial charge on any atom is 0.286 e. The van der Waals surface area contributed by atoms with Crippen molar-refractivity contribution in [2.75, 3.05) is 0 Å². The molecular weight excluding hydrogens is 318 g/mol. The summed E-state index contributed by atoms with van der Waals surface area (Å²) in [5.41, 5.74) is 7.37. The topological polar surface area (TPSA) is 20.6 Å². The number of hydrogen-bond donors (Lipinski definition) is 0. The summed E-state index contributed by atoms with van der Waals surface area (Å²) in [7, 11) is 2.04. The van der Waals surface area contributed by atoms with Crippen molar-refractivity contribution >= 4 is 10.8 Å². The van der Waals surface area contributed by atoms with Crippen LogP contribution in [0.5, 0.6) is 0 Å². The van der Waals surface area contributed by atoms with Gasteiger partial charge in [0.1, 0.15) is 11.9 Å². The zero-order valence-corrected chi connectivity index (χ0v) is 15.7. The Bertz CT molecular complexity index is 1130. The monoisotopic (exact) mass is 341 g/mol. The van der Waals surface area contributed by atoms with Crippen molar-refractivity contribution in [3.63, 3.8) is 0 Å².